The Morgan fingerprint density at radius 3 is 2.70 bits per heavy atom. The highest BCUT2D eigenvalue weighted by molar-refractivity contribution is 6.30. The Bertz CT molecular complexity index is 1170. The molecule has 4 aromatic rings. The molecule has 0 unspecified atom stereocenters. The fourth-order valence-electron chi connectivity index (χ4n) is 3.04. The third kappa shape index (κ3) is 4.34. The molecule has 6 nitrogen and oxygen atoms in total. The lowest BCUT2D eigenvalue weighted by molar-refractivity contribution is 0.0942. The first-order chi connectivity index (χ1) is 14.6. The summed E-state index contributed by atoms with van der Waals surface area (Å²) in [5.74, 6) is 0.452. The topological polar surface area (TPSA) is 69.0 Å². The SMILES string of the molecule is COc1cccc(-c2cc(C(=O)NCc3ccccn3)n(-c3cccc(Cl)c3)n2)c1. The Hall–Kier alpha value is -3.64. The number of carbonyl (C=O) groups excluding carboxylic acids is 1. The number of halogens is 1. The van der Waals surface area contributed by atoms with Gasteiger partial charge in [0.2, 0.25) is 0 Å². The fraction of sp³-hybridized carbons (Fsp3) is 0.0870. The van der Waals surface area contributed by atoms with Crippen LogP contribution in [0.3, 0.4) is 0 Å². The molecule has 7 heteroatoms. The molecule has 0 aliphatic heterocycles. The summed E-state index contributed by atoms with van der Waals surface area (Å²) in [5, 5.41) is 8.14. The van der Waals surface area contributed by atoms with Crippen molar-refractivity contribution in [2.45, 2.75) is 6.54 Å². The van der Waals surface area contributed by atoms with Crippen molar-refractivity contribution in [2.24, 2.45) is 0 Å². The van der Waals surface area contributed by atoms with Gasteiger partial charge in [-0.2, -0.15) is 5.10 Å². The standard InChI is InChI=1S/C23H19ClN4O2/c1-30-20-10-4-6-16(12-20)21-14-22(23(29)26-15-18-8-2-3-11-25-18)28(27-21)19-9-5-7-17(24)13-19/h2-14H,15H2,1H3,(H,26,29). The predicted octanol–water partition coefficient (Wildman–Crippen LogP) is 4.53. The Kier molecular flexibility index (Phi) is 5.77. The van der Waals surface area contributed by atoms with E-state index >= 15 is 0 Å². The van der Waals surface area contributed by atoms with Crippen LogP contribution >= 0.6 is 11.6 Å². The Morgan fingerprint density at radius 2 is 1.93 bits per heavy atom. The number of rotatable bonds is 6. The molecule has 0 aliphatic carbocycles. The molecule has 0 atom stereocenters. The lowest BCUT2D eigenvalue weighted by Crippen LogP contribution is -2.25. The van der Waals surface area contributed by atoms with Crippen molar-refractivity contribution in [3.63, 3.8) is 0 Å². The van der Waals surface area contributed by atoms with E-state index in [1.165, 1.54) is 0 Å². The van der Waals surface area contributed by atoms with Gasteiger partial charge in [0.25, 0.3) is 5.91 Å². The highest BCUT2D eigenvalue weighted by Gasteiger charge is 2.18. The smallest absolute Gasteiger partial charge is 0.270 e. The van der Waals surface area contributed by atoms with Gasteiger partial charge in [0.15, 0.2) is 0 Å². The Labute approximate surface area is 179 Å². The zero-order chi connectivity index (χ0) is 20.9. The van der Waals surface area contributed by atoms with Crippen LogP contribution in [0.25, 0.3) is 16.9 Å². The van der Waals surface area contributed by atoms with Gasteiger partial charge in [-0.15, -0.1) is 0 Å². The normalized spacial score (nSPS) is 10.6. The van der Waals surface area contributed by atoms with Gasteiger partial charge < -0.3 is 10.1 Å². The lowest BCUT2D eigenvalue weighted by Gasteiger charge is -2.08. The number of ether oxygens (including phenoxy) is 1. The highest BCUT2D eigenvalue weighted by atomic mass is 35.5. The van der Waals surface area contributed by atoms with Gasteiger partial charge in [-0.25, -0.2) is 4.68 Å². The zero-order valence-corrected chi connectivity index (χ0v) is 17.0. The maximum atomic E-state index is 13.0. The minimum absolute atomic E-state index is 0.262. The molecule has 2 heterocycles. The van der Waals surface area contributed by atoms with E-state index in [-0.39, 0.29) is 5.91 Å². The van der Waals surface area contributed by atoms with Crippen LogP contribution in [0.4, 0.5) is 0 Å². The summed E-state index contributed by atoms with van der Waals surface area (Å²) in [6, 6.07) is 22.1. The van der Waals surface area contributed by atoms with E-state index in [2.05, 4.69) is 15.4 Å². The second kappa shape index (κ2) is 8.80. The Morgan fingerprint density at radius 1 is 1.07 bits per heavy atom. The maximum absolute atomic E-state index is 13.0. The molecule has 1 amide bonds. The van der Waals surface area contributed by atoms with E-state index in [4.69, 9.17) is 16.3 Å². The van der Waals surface area contributed by atoms with Gasteiger partial charge in [-0.3, -0.25) is 9.78 Å². The van der Waals surface area contributed by atoms with Crippen LogP contribution in [0, 0.1) is 0 Å². The van der Waals surface area contributed by atoms with Crippen molar-refractivity contribution in [2.75, 3.05) is 7.11 Å². The third-order valence-electron chi connectivity index (χ3n) is 4.52. The van der Waals surface area contributed by atoms with E-state index < -0.39 is 0 Å². The van der Waals surface area contributed by atoms with Crippen LogP contribution in [0.15, 0.2) is 79.0 Å². The average molecular weight is 419 g/mol. The third-order valence-corrected chi connectivity index (χ3v) is 4.75. The molecule has 0 spiro atoms. The largest absolute Gasteiger partial charge is 0.497 e. The van der Waals surface area contributed by atoms with Crippen LogP contribution < -0.4 is 10.1 Å². The van der Waals surface area contributed by atoms with Crippen LogP contribution in [-0.2, 0) is 6.54 Å². The first kappa shape index (κ1) is 19.7. The number of carbonyl (C=O) groups is 1. The summed E-state index contributed by atoms with van der Waals surface area (Å²) in [4.78, 5) is 17.2. The maximum Gasteiger partial charge on any atom is 0.270 e. The van der Waals surface area contributed by atoms with Crippen molar-refractivity contribution < 1.29 is 9.53 Å². The monoisotopic (exact) mass is 418 g/mol. The van der Waals surface area contributed by atoms with Crippen LogP contribution in [0.2, 0.25) is 5.02 Å². The number of methoxy groups -OCH3 is 1. The number of amides is 1. The molecule has 0 saturated carbocycles. The average Bonchev–Trinajstić information content (AvgIpc) is 3.24. The van der Waals surface area contributed by atoms with Crippen LogP contribution in [0.1, 0.15) is 16.2 Å². The van der Waals surface area contributed by atoms with Crippen molar-refractivity contribution in [3.05, 3.63) is 95.4 Å². The van der Waals surface area contributed by atoms with Crippen LogP contribution in [0.5, 0.6) is 5.75 Å². The zero-order valence-electron chi connectivity index (χ0n) is 16.2. The summed E-state index contributed by atoms with van der Waals surface area (Å²) in [7, 11) is 1.61. The predicted molar refractivity (Wildman–Crippen MR) is 116 cm³/mol. The Balaban J connectivity index is 1.71. The number of pyridine rings is 1. The van der Waals surface area contributed by atoms with Gasteiger partial charge in [0.05, 0.1) is 30.7 Å². The van der Waals surface area contributed by atoms with Crippen molar-refractivity contribution in [1.82, 2.24) is 20.1 Å². The molecule has 0 fully saturated rings. The molecule has 0 aliphatic rings. The lowest BCUT2D eigenvalue weighted by atomic mass is 10.1. The van der Waals surface area contributed by atoms with Gasteiger partial charge in [0.1, 0.15) is 11.4 Å². The molecule has 150 valence electrons. The van der Waals surface area contributed by atoms with Gasteiger partial charge >= 0.3 is 0 Å². The molecule has 1 N–H and O–H groups in total. The quantitative estimate of drug-likeness (QED) is 0.499. The van der Waals surface area contributed by atoms with Crippen molar-refractivity contribution in [3.8, 4) is 22.7 Å². The van der Waals surface area contributed by atoms with E-state index in [0.29, 0.717) is 34.4 Å². The number of hydrogen-bond donors (Lipinski definition) is 1. The molecule has 4 rings (SSSR count). The van der Waals surface area contributed by atoms with Gasteiger partial charge in [-0.05, 0) is 48.5 Å². The summed E-state index contributed by atoms with van der Waals surface area (Å²) in [6.07, 6.45) is 1.69. The van der Waals surface area contributed by atoms with E-state index in [9.17, 15) is 4.79 Å². The summed E-state index contributed by atoms with van der Waals surface area (Å²) < 4.78 is 6.90. The highest BCUT2D eigenvalue weighted by Crippen LogP contribution is 2.26. The first-order valence-corrected chi connectivity index (χ1v) is 9.70. The van der Waals surface area contributed by atoms with Gasteiger partial charge in [0, 0.05) is 16.8 Å². The molecule has 30 heavy (non-hydrogen) atoms. The summed E-state index contributed by atoms with van der Waals surface area (Å²) in [6.45, 7) is 0.314. The molecular formula is C23H19ClN4O2. The van der Waals surface area contributed by atoms with E-state index in [1.807, 2.05) is 54.6 Å². The fourth-order valence-corrected chi connectivity index (χ4v) is 3.22. The minimum Gasteiger partial charge on any atom is -0.497 e. The molecular weight excluding hydrogens is 400 g/mol. The minimum atomic E-state index is -0.262. The number of hydrogen-bond acceptors (Lipinski definition) is 4. The molecule has 0 saturated heterocycles. The van der Waals surface area contributed by atoms with Crippen molar-refractivity contribution >= 4 is 17.5 Å². The second-order valence-corrected chi connectivity index (χ2v) is 6.98. The number of aromatic nitrogens is 3. The molecule has 2 aromatic carbocycles. The number of nitrogens with zero attached hydrogens (tertiary/aromatic N) is 3. The summed E-state index contributed by atoms with van der Waals surface area (Å²) >= 11 is 6.16. The van der Waals surface area contributed by atoms with E-state index in [0.717, 1.165) is 11.3 Å². The molecule has 2 aromatic heterocycles. The number of nitrogens with one attached hydrogen (secondary N) is 1. The second-order valence-electron chi connectivity index (χ2n) is 6.54. The first-order valence-electron chi connectivity index (χ1n) is 9.32. The van der Waals surface area contributed by atoms with E-state index in [1.54, 1.807) is 36.2 Å². The van der Waals surface area contributed by atoms with Crippen LogP contribution in [-0.4, -0.2) is 27.8 Å². The molecule has 0 bridgehead atoms. The van der Waals surface area contributed by atoms with Crippen molar-refractivity contribution in [1.29, 1.82) is 0 Å². The molecule has 0 radical (unpaired) electrons. The number of benzene rings is 2. The van der Waals surface area contributed by atoms with Gasteiger partial charge in [-0.1, -0.05) is 35.9 Å². The summed E-state index contributed by atoms with van der Waals surface area (Å²) in [5.41, 5.74) is 3.35.